The lowest BCUT2D eigenvalue weighted by Crippen LogP contribution is -2.17. The van der Waals surface area contributed by atoms with Crippen molar-refractivity contribution in [2.45, 2.75) is 0 Å². The molecule has 0 aliphatic carbocycles. The van der Waals surface area contributed by atoms with E-state index in [0.29, 0.717) is 9.13 Å². The number of aromatic hydroxyl groups is 1. The number of benzene rings is 2. The van der Waals surface area contributed by atoms with Gasteiger partial charge < -0.3 is 5.11 Å². The molecule has 2 rings (SSSR count). The van der Waals surface area contributed by atoms with E-state index in [1.54, 1.807) is 6.07 Å². The van der Waals surface area contributed by atoms with Gasteiger partial charge in [0.05, 0.1) is 9.78 Å². The van der Waals surface area contributed by atoms with Crippen LogP contribution in [0.3, 0.4) is 0 Å². The third kappa shape index (κ3) is 4.37. The Hall–Kier alpha value is -1.23. The number of nitrogens with one attached hydrogen (secondary N) is 1. The summed E-state index contributed by atoms with van der Waals surface area (Å²) in [5.41, 5.74) is 2.95. The smallest absolute Gasteiger partial charge is 0.271 e. The van der Waals surface area contributed by atoms with Gasteiger partial charge in [0, 0.05) is 14.7 Å². The van der Waals surface area contributed by atoms with E-state index in [1.165, 1.54) is 24.4 Å². The largest absolute Gasteiger partial charge is 0.506 e. The van der Waals surface area contributed by atoms with E-state index in [4.69, 9.17) is 0 Å². The number of carbonyl (C=O) groups excluding carboxylic acids is 1. The average molecular weight is 510 g/mol. The van der Waals surface area contributed by atoms with Crippen molar-refractivity contribution in [3.05, 3.63) is 60.5 Å². The summed E-state index contributed by atoms with van der Waals surface area (Å²) in [6, 6.07) is 8.86. The van der Waals surface area contributed by atoms with E-state index >= 15 is 0 Å². The SMILES string of the molecule is O=C(N/N=C/c1cc(I)cc(I)c1O)c1cccc(F)c1. The van der Waals surface area contributed by atoms with Crippen LogP contribution in [0.5, 0.6) is 5.75 Å². The molecule has 7 heteroatoms. The van der Waals surface area contributed by atoms with Gasteiger partial charge in [-0.1, -0.05) is 6.07 Å². The molecule has 2 aromatic carbocycles. The maximum atomic E-state index is 13.0. The topological polar surface area (TPSA) is 61.7 Å². The van der Waals surface area contributed by atoms with Crippen LogP contribution in [-0.2, 0) is 0 Å². The second kappa shape index (κ2) is 7.16. The highest BCUT2D eigenvalue weighted by Crippen LogP contribution is 2.25. The molecule has 0 heterocycles. The van der Waals surface area contributed by atoms with Crippen LogP contribution in [0, 0.1) is 13.0 Å². The zero-order valence-electron chi connectivity index (χ0n) is 10.5. The first-order valence-electron chi connectivity index (χ1n) is 5.74. The first-order chi connectivity index (χ1) is 9.97. The van der Waals surface area contributed by atoms with Crippen LogP contribution >= 0.6 is 45.2 Å². The van der Waals surface area contributed by atoms with Crippen molar-refractivity contribution >= 4 is 57.3 Å². The molecule has 0 spiro atoms. The van der Waals surface area contributed by atoms with Crippen LogP contribution in [0.2, 0.25) is 0 Å². The number of carbonyl (C=O) groups is 1. The molecule has 21 heavy (non-hydrogen) atoms. The second-order valence-electron chi connectivity index (χ2n) is 4.03. The molecule has 0 aliphatic rings. The highest BCUT2D eigenvalue weighted by atomic mass is 127. The molecule has 2 aromatic rings. The van der Waals surface area contributed by atoms with Crippen molar-refractivity contribution < 1.29 is 14.3 Å². The normalized spacial score (nSPS) is 10.8. The molecular formula is C14H9FI2N2O2. The Morgan fingerprint density at radius 2 is 2.05 bits per heavy atom. The predicted molar refractivity (Wildman–Crippen MR) is 95.0 cm³/mol. The molecule has 0 unspecified atom stereocenters. The van der Waals surface area contributed by atoms with Gasteiger partial charge in [-0.2, -0.15) is 5.10 Å². The number of phenols is 1. The summed E-state index contributed by atoms with van der Waals surface area (Å²) in [5, 5.41) is 13.7. The lowest BCUT2D eigenvalue weighted by Gasteiger charge is -2.03. The van der Waals surface area contributed by atoms with E-state index in [2.05, 4.69) is 33.1 Å². The van der Waals surface area contributed by atoms with Gasteiger partial charge >= 0.3 is 0 Å². The van der Waals surface area contributed by atoms with Gasteiger partial charge in [-0.3, -0.25) is 4.79 Å². The van der Waals surface area contributed by atoms with Crippen molar-refractivity contribution in [3.8, 4) is 5.75 Å². The number of hydrazone groups is 1. The van der Waals surface area contributed by atoms with Crippen LogP contribution in [0.4, 0.5) is 4.39 Å². The van der Waals surface area contributed by atoms with E-state index in [0.717, 1.165) is 9.64 Å². The first-order valence-corrected chi connectivity index (χ1v) is 7.90. The van der Waals surface area contributed by atoms with Crippen molar-refractivity contribution in [1.82, 2.24) is 5.43 Å². The lowest BCUT2D eigenvalue weighted by atomic mass is 10.2. The number of halogens is 3. The van der Waals surface area contributed by atoms with Crippen LogP contribution in [-0.4, -0.2) is 17.2 Å². The second-order valence-corrected chi connectivity index (χ2v) is 6.44. The molecule has 0 aromatic heterocycles. The zero-order valence-corrected chi connectivity index (χ0v) is 14.8. The summed E-state index contributed by atoms with van der Waals surface area (Å²) >= 11 is 4.13. The van der Waals surface area contributed by atoms with Crippen molar-refractivity contribution in [2.75, 3.05) is 0 Å². The van der Waals surface area contributed by atoms with E-state index in [9.17, 15) is 14.3 Å². The lowest BCUT2D eigenvalue weighted by molar-refractivity contribution is 0.0954. The Morgan fingerprint density at radius 1 is 1.29 bits per heavy atom. The predicted octanol–water partition coefficient (Wildman–Crippen LogP) is 3.50. The molecule has 0 saturated heterocycles. The fourth-order valence-electron chi connectivity index (χ4n) is 1.54. The molecule has 2 N–H and O–H groups in total. The quantitative estimate of drug-likeness (QED) is 0.378. The third-order valence-electron chi connectivity index (χ3n) is 2.51. The monoisotopic (exact) mass is 510 g/mol. The Balaban J connectivity index is 2.11. The average Bonchev–Trinajstić information content (AvgIpc) is 2.43. The summed E-state index contributed by atoms with van der Waals surface area (Å²) in [6.07, 6.45) is 1.34. The highest BCUT2D eigenvalue weighted by Gasteiger charge is 2.07. The fourth-order valence-corrected chi connectivity index (χ4v) is 3.43. The molecule has 0 saturated carbocycles. The standard InChI is InChI=1S/C14H9FI2N2O2/c15-10-3-1-2-8(4-10)14(21)19-18-7-9-5-11(16)6-12(17)13(9)20/h1-7,20H,(H,19,21)/b18-7+. The molecule has 0 fully saturated rings. The Kier molecular flexibility index (Phi) is 5.51. The summed E-state index contributed by atoms with van der Waals surface area (Å²) in [5.74, 6) is -0.915. The number of rotatable bonds is 3. The Bertz CT molecular complexity index is 720. The van der Waals surface area contributed by atoms with Gasteiger partial charge in [-0.25, -0.2) is 9.82 Å². The Labute approximate surface area is 147 Å². The molecule has 1 amide bonds. The van der Waals surface area contributed by atoms with Crippen LogP contribution < -0.4 is 5.43 Å². The molecule has 0 radical (unpaired) electrons. The minimum absolute atomic E-state index is 0.0970. The number of nitrogens with zero attached hydrogens (tertiary/aromatic N) is 1. The van der Waals surface area contributed by atoms with Crippen LogP contribution in [0.1, 0.15) is 15.9 Å². The number of hydrogen-bond acceptors (Lipinski definition) is 3. The number of amides is 1. The maximum absolute atomic E-state index is 13.0. The molecular weight excluding hydrogens is 501 g/mol. The van der Waals surface area contributed by atoms with Gasteiger partial charge in [0.1, 0.15) is 11.6 Å². The van der Waals surface area contributed by atoms with Gasteiger partial charge in [0.25, 0.3) is 5.91 Å². The van der Waals surface area contributed by atoms with E-state index in [1.807, 2.05) is 28.7 Å². The molecule has 0 aliphatic heterocycles. The van der Waals surface area contributed by atoms with Crippen LogP contribution in [0.15, 0.2) is 41.5 Å². The Morgan fingerprint density at radius 3 is 2.76 bits per heavy atom. The number of phenolic OH excluding ortho intramolecular Hbond substituents is 1. The van der Waals surface area contributed by atoms with Gasteiger partial charge in [0.2, 0.25) is 0 Å². The zero-order chi connectivity index (χ0) is 15.4. The van der Waals surface area contributed by atoms with Gasteiger partial charge in [-0.05, 0) is 75.5 Å². The molecule has 0 bridgehead atoms. The minimum Gasteiger partial charge on any atom is -0.506 e. The molecule has 0 atom stereocenters. The van der Waals surface area contributed by atoms with Crippen molar-refractivity contribution in [2.24, 2.45) is 5.10 Å². The fraction of sp³-hybridized carbons (Fsp3) is 0. The van der Waals surface area contributed by atoms with Crippen LogP contribution in [0.25, 0.3) is 0 Å². The first kappa shape index (κ1) is 16.1. The van der Waals surface area contributed by atoms with Crippen molar-refractivity contribution in [3.63, 3.8) is 0 Å². The van der Waals surface area contributed by atoms with Crippen molar-refractivity contribution in [1.29, 1.82) is 0 Å². The summed E-state index contributed by atoms with van der Waals surface area (Å²) in [7, 11) is 0. The minimum atomic E-state index is -0.523. The number of hydrogen-bond donors (Lipinski definition) is 2. The molecule has 108 valence electrons. The molecule has 4 nitrogen and oxygen atoms in total. The van der Waals surface area contributed by atoms with E-state index < -0.39 is 11.7 Å². The summed E-state index contributed by atoms with van der Waals surface area (Å²) in [6.45, 7) is 0. The summed E-state index contributed by atoms with van der Waals surface area (Å²) < 4.78 is 14.6. The summed E-state index contributed by atoms with van der Waals surface area (Å²) in [4.78, 5) is 11.7. The van der Waals surface area contributed by atoms with E-state index in [-0.39, 0.29) is 11.3 Å². The third-order valence-corrected chi connectivity index (χ3v) is 3.96. The maximum Gasteiger partial charge on any atom is 0.271 e. The van der Waals surface area contributed by atoms with Gasteiger partial charge in [-0.15, -0.1) is 0 Å². The highest BCUT2D eigenvalue weighted by molar-refractivity contribution is 14.1. The van der Waals surface area contributed by atoms with Gasteiger partial charge in [0.15, 0.2) is 0 Å².